The molecule has 20 heavy (non-hydrogen) atoms. The third-order valence-corrected chi connectivity index (χ3v) is 5.94. The Morgan fingerprint density at radius 3 is 1.70 bits per heavy atom. The maximum Gasteiger partial charge on any atom is 0.234 e. The number of hydrogen-bond acceptors (Lipinski definition) is 4. The number of rotatable bonds is 6. The summed E-state index contributed by atoms with van der Waals surface area (Å²) in [6, 6.07) is 0. The summed E-state index contributed by atoms with van der Waals surface area (Å²) >= 11 is 0. The second kappa shape index (κ2) is 5.27. The van der Waals surface area contributed by atoms with Crippen LogP contribution in [0.3, 0.4) is 0 Å². The highest BCUT2D eigenvalue weighted by Crippen LogP contribution is 2.67. The molecule has 0 N–H and O–H groups in total. The van der Waals surface area contributed by atoms with Crippen molar-refractivity contribution in [2.45, 2.75) is 51.4 Å². The molecule has 4 heteroatoms. The summed E-state index contributed by atoms with van der Waals surface area (Å²) in [6.07, 6.45) is 13.3. The van der Waals surface area contributed by atoms with Gasteiger partial charge < -0.3 is 0 Å². The molecule has 0 atom stereocenters. The molecule has 0 unspecified atom stereocenters. The average molecular weight is 274 g/mol. The van der Waals surface area contributed by atoms with Crippen LogP contribution in [-0.4, -0.2) is 25.2 Å². The van der Waals surface area contributed by atoms with Crippen LogP contribution in [0.1, 0.15) is 51.4 Å². The van der Waals surface area contributed by atoms with Gasteiger partial charge in [0, 0.05) is 0 Å². The predicted octanol–water partition coefficient (Wildman–Crippen LogP) is 3.02. The average Bonchev–Trinajstić information content (AvgIpc) is 2.37. The third kappa shape index (κ3) is 2.51. The quantitative estimate of drug-likeness (QED) is 0.552. The SMILES string of the molecule is O=C=NCCC12CC3CC(C1)CC(CCN=C=O)(C3)C2. The fourth-order valence-corrected chi connectivity index (χ4v) is 5.91. The van der Waals surface area contributed by atoms with Crippen molar-refractivity contribution in [1.82, 2.24) is 0 Å². The van der Waals surface area contributed by atoms with Crippen molar-refractivity contribution in [1.29, 1.82) is 0 Å². The van der Waals surface area contributed by atoms with Crippen LogP contribution in [0, 0.1) is 22.7 Å². The molecule has 0 heterocycles. The normalized spacial score (nSPS) is 41.0. The molecule has 0 amide bonds. The van der Waals surface area contributed by atoms with Crippen molar-refractivity contribution >= 4 is 12.2 Å². The molecule has 4 rings (SSSR count). The largest absolute Gasteiger partial charge is 0.234 e. The van der Waals surface area contributed by atoms with Gasteiger partial charge in [-0.25, -0.2) is 19.6 Å². The molecule has 0 saturated heterocycles. The monoisotopic (exact) mass is 274 g/mol. The van der Waals surface area contributed by atoms with Gasteiger partial charge in [0.1, 0.15) is 0 Å². The Morgan fingerprint density at radius 2 is 1.30 bits per heavy atom. The summed E-state index contributed by atoms with van der Waals surface area (Å²) in [4.78, 5) is 28.1. The molecular weight excluding hydrogens is 252 g/mol. The van der Waals surface area contributed by atoms with Crippen molar-refractivity contribution in [3.63, 3.8) is 0 Å². The van der Waals surface area contributed by atoms with E-state index < -0.39 is 0 Å². The van der Waals surface area contributed by atoms with Crippen molar-refractivity contribution in [2.75, 3.05) is 13.1 Å². The molecule has 0 aliphatic heterocycles. The van der Waals surface area contributed by atoms with Crippen LogP contribution in [-0.2, 0) is 9.59 Å². The number of carbonyl (C=O) groups excluding carboxylic acids is 2. The zero-order chi connectivity index (χ0) is 14.1. The summed E-state index contributed by atoms with van der Waals surface area (Å²) in [5.41, 5.74) is 0.796. The Morgan fingerprint density at radius 1 is 0.850 bits per heavy atom. The van der Waals surface area contributed by atoms with E-state index in [1.54, 1.807) is 12.2 Å². The lowest BCUT2D eigenvalue weighted by Gasteiger charge is -2.62. The number of nitrogens with zero attached hydrogens (tertiary/aromatic N) is 2. The summed E-state index contributed by atoms with van der Waals surface area (Å²) < 4.78 is 0. The number of hydrogen-bond donors (Lipinski definition) is 0. The topological polar surface area (TPSA) is 58.9 Å². The summed E-state index contributed by atoms with van der Waals surface area (Å²) in [6.45, 7) is 1.26. The molecule has 4 bridgehead atoms. The smallest absolute Gasteiger partial charge is 0.211 e. The van der Waals surface area contributed by atoms with Crippen molar-refractivity contribution in [3.8, 4) is 0 Å². The van der Waals surface area contributed by atoms with E-state index in [1.807, 2.05) is 0 Å². The van der Waals surface area contributed by atoms with E-state index in [2.05, 4.69) is 9.98 Å². The molecule has 4 fully saturated rings. The van der Waals surface area contributed by atoms with Gasteiger partial charge in [0.05, 0.1) is 13.1 Å². The molecule has 4 saturated carbocycles. The highest BCUT2D eigenvalue weighted by Gasteiger charge is 2.56. The van der Waals surface area contributed by atoms with Gasteiger partial charge in [0.2, 0.25) is 12.2 Å². The van der Waals surface area contributed by atoms with Crippen LogP contribution in [0.2, 0.25) is 0 Å². The van der Waals surface area contributed by atoms with Crippen molar-refractivity contribution < 1.29 is 9.59 Å². The van der Waals surface area contributed by atoms with E-state index in [-0.39, 0.29) is 0 Å². The molecule has 4 aliphatic carbocycles. The first kappa shape index (κ1) is 13.7. The summed E-state index contributed by atoms with van der Waals surface area (Å²) in [7, 11) is 0. The Balaban J connectivity index is 1.74. The molecule has 0 aromatic heterocycles. The van der Waals surface area contributed by atoms with Crippen LogP contribution >= 0.6 is 0 Å². The fraction of sp³-hybridized carbons (Fsp3) is 0.875. The van der Waals surface area contributed by atoms with Gasteiger partial charge >= 0.3 is 0 Å². The van der Waals surface area contributed by atoms with Crippen LogP contribution in [0.5, 0.6) is 0 Å². The lowest BCUT2D eigenvalue weighted by molar-refractivity contribution is -0.115. The van der Waals surface area contributed by atoms with Gasteiger partial charge in [-0.2, -0.15) is 0 Å². The highest BCUT2D eigenvalue weighted by atomic mass is 16.1. The molecule has 0 aromatic carbocycles. The highest BCUT2D eigenvalue weighted by molar-refractivity contribution is 5.33. The third-order valence-electron chi connectivity index (χ3n) is 5.94. The second-order valence-electron chi connectivity index (χ2n) is 7.41. The molecule has 4 aliphatic rings. The first-order valence-corrected chi connectivity index (χ1v) is 7.77. The van der Waals surface area contributed by atoms with Gasteiger partial charge in [-0.3, -0.25) is 0 Å². The standard InChI is InChI=1S/C16H22N2O2/c19-11-17-3-1-15-6-13-5-14(7-15)9-16(8-13,10-15)2-4-18-12-20/h13-14H,1-10H2. The van der Waals surface area contributed by atoms with Gasteiger partial charge in [0.15, 0.2) is 0 Å². The maximum atomic E-state index is 10.3. The molecule has 0 radical (unpaired) electrons. The van der Waals surface area contributed by atoms with Crippen LogP contribution in [0.4, 0.5) is 0 Å². The second-order valence-corrected chi connectivity index (χ2v) is 7.41. The van der Waals surface area contributed by atoms with Gasteiger partial charge in [-0.15, -0.1) is 0 Å². The zero-order valence-corrected chi connectivity index (χ0v) is 11.9. The van der Waals surface area contributed by atoms with E-state index in [0.717, 1.165) is 24.7 Å². The summed E-state index contributed by atoms with van der Waals surface area (Å²) in [5.74, 6) is 1.69. The van der Waals surface area contributed by atoms with Gasteiger partial charge in [-0.1, -0.05) is 0 Å². The molecule has 0 spiro atoms. The lowest BCUT2D eigenvalue weighted by Crippen LogP contribution is -2.52. The first-order chi connectivity index (χ1) is 9.69. The molecule has 4 nitrogen and oxygen atoms in total. The van der Waals surface area contributed by atoms with Crippen LogP contribution < -0.4 is 0 Å². The first-order valence-electron chi connectivity index (χ1n) is 7.77. The molecular formula is C16H22N2O2. The van der Waals surface area contributed by atoms with Gasteiger partial charge in [0.25, 0.3) is 0 Å². The van der Waals surface area contributed by atoms with Crippen molar-refractivity contribution in [3.05, 3.63) is 0 Å². The van der Waals surface area contributed by atoms with E-state index in [0.29, 0.717) is 23.9 Å². The Kier molecular flexibility index (Phi) is 3.62. The van der Waals surface area contributed by atoms with E-state index in [4.69, 9.17) is 0 Å². The van der Waals surface area contributed by atoms with Crippen LogP contribution in [0.15, 0.2) is 9.98 Å². The number of isocyanates is 2. The minimum Gasteiger partial charge on any atom is -0.211 e. The molecule has 0 aromatic rings. The minimum atomic E-state index is 0.398. The van der Waals surface area contributed by atoms with Gasteiger partial charge in [-0.05, 0) is 74.0 Å². The maximum absolute atomic E-state index is 10.3. The zero-order valence-electron chi connectivity index (χ0n) is 11.9. The predicted molar refractivity (Wildman–Crippen MR) is 74.8 cm³/mol. The summed E-state index contributed by atoms with van der Waals surface area (Å²) in [5, 5.41) is 0. The lowest BCUT2D eigenvalue weighted by atomic mass is 9.43. The Hall–Kier alpha value is -1.24. The fourth-order valence-electron chi connectivity index (χ4n) is 5.91. The van der Waals surface area contributed by atoms with E-state index in [1.165, 1.54) is 38.5 Å². The Labute approximate surface area is 119 Å². The Bertz CT molecular complexity index is 421. The van der Waals surface area contributed by atoms with E-state index in [9.17, 15) is 9.59 Å². The van der Waals surface area contributed by atoms with Crippen LogP contribution in [0.25, 0.3) is 0 Å². The molecule has 108 valence electrons. The number of aliphatic imine (C=N–C) groups is 2. The minimum absolute atomic E-state index is 0.398. The van der Waals surface area contributed by atoms with Crippen molar-refractivity contribution in [2.24, 2.45) is 32.7 Å². The van der Waals surface area contributed by atoms with E-state index >= 15 is 0 Å².